The first kappa shape index (κ1) is 16.5. The molecule has 2 N–H and O–H groups in total. The number of rotatable bonds is 7. The molecule has 6 heteroatoms. The number of urea groups is 1. The molecule has 1 aromatic carbocycles. The Hall–Kier alpha value is -2.55. The Kier molecular flexibility index (Phi) is 6.75. The molecule has 0 spiro atoms. The fraction of sp³-hybridized carbons (Fsp3) is 0.400. The quantitative estimate of drug-likeness (QED) is 0.797. The number of nitrogens with one attached hydrogen (secondary N) is 1. The average molecular weight is 289 g/mol. The lowest BCUT2D eigenvalue weighted by Crippen LogP contribution is -2.49. The number of nitriles is 1. The summed E-state index contributed by atoms with van der Waals surface area (Å²) in [7, 11) is 0. The van der Waals surface area contributed by atoms with Gasteiger partial charge in [-0.25, -0.2) is 9.59 Å². The molecular formula is C15H19N3O3. The zero-order valence-corrected chi connectivity index (χ0v) is 12.0. The van der Waals surface area contributed by atoms with Crippen LogP contribution in [0.5, 0.6) is 0 Å². The van der Waals surface area contributed by atoms with E-state index in [1.165, 1.54) is 4.90 Å². The van der Waals surface area contributed by atoms with Gasteiger partial charge in [-0.15, -0.1) is 0 Å². The summed E-state index contributed by atoms with van der Waals surface area (Å²) in [4.78, 5) is 24.7. The number of amides is 2. The van der Waals surface area contributed by atoms with E-state index in [1.807, 2.05) is 36.4 Å². The summed E-state index contributed by atoms with van der Waals surface area (Å²) in [5, 5.41) is 20.3. The first-order valence-electron chi connectivity index (χ1n) is 6.77. The van der Waals surface area contributed by atoms with Gasteiger partial charge >= 0.3 is 12.0 Å². The molecule has 0 aromatic heterocycles. The van der Waals surface area contributed by atoms with Crippen LogP contribution >= 0.6 is 0 Å². The van der Waals surface area contributed by atoms with E-state index in [2.05, 4.69) is 5.32 Å². The summed E-state index contributed by atoms with van der Waals surface area (Å²) in [5.74, 6) is -1.08. The second kappa shape index (κ2) is 8.59. The van der Waals surface area contributed by atoms with Gasteiger partial charge in [0.25, 0.3) is 0 Å². The maximum atomic E-state index is 12.0. The van der Waals surface area contributed by atoms with E-state index in [9.17, 15) is 14.7 Å². The normalized spacial score (nSPS) is 11.2. The van der Waals surface area contributed by atoms with Crippen LogP contribution in [0, 0.1) is 11.3 Å². The van der Waals surface area contributed by atoms with E-state index >= 15 is 0 Å². The van der Waals surface area contributed by atoms with Crippen molar-refractivity contribution in [3.63, 3.8) is 0 Å². The van der Waals surface area contributed by atoms with Crippen molar-refractivity contribution in [1.29, 1.82) is 5.26 Å². The minimum Gasteiger partial charge on any atom is -0.480 e. The molecule has 0 radical (unpaired) electrons. The summed E-state index contributed by atoms with van der Waals surface area (Å²) in [6.45, 7) is 2.49. The highest BCUT2D eigenvalue weighted by molar-refractivity contribution is 5.82. The minimum absolute atomic E-state index is 0.220. The van der Waals surface area contributed by atoms with Crippen molar-refractivity contribution in [3.8, 4) is 6.07 Å². The summed E-state index contributed by atoms with van der Waals surface area (Å²) >= 11 is 0. The van der Waals surface area contributed by atoms with E-state index < -0.39 is 18.0 Å². The Morgan fingerprint density at radius 3 is 2.57 bits per heavy atom. The molecule has 0 bridgehead atoms. The molecule has 0 aliphatic heterocycles. The van der Waals surface area contributed by atoms with Crippen molar-refractivity contribution >= 4 is 12.0 Å². The lowest BCUT2D eigenvalue weighted by atomic mass is 10.1. The van der Waals surface area contributed by atoms with Gasteiger partial charge in [0.2, 0.25) is 0 Å². The number of hydrogen-bond acceptors (Lipinski definition) is 3. The predicted octanol–water partition coefficient (Wildman–Crippen LogP) is 1.63. The van der Waals surface area contributed by atoms with Crippen molar-refractivity contribution in [1.82, 2.24) is 10.2 Å². The van der Waals surface area contributed by atoms with Crippen LogP contribution < -0.4 is 5.32 Å². The van der Waals surface area contributed by atoms with E-state index in [0.29, 0.717) is 6.54 Å². The van der Waals surface area contributed by atoms with Gasteiger partial charge in [0.15, 0.2) is 0 Å². The molecule has 6 nitrogen and oxygen atoms in total. The highest BCUT2D eigenvalue weighted by atomic mass is 16.4. The lowest BCUT2D eigenvalue weighted by molar-refractivity contribution is -0.139. The van der Waals surface area contributed by atoms with E-state index in [0.717, 1.165) is 5.56 Å². The van der Waals surface area contributed by atoms with Crippen LogP contribution in [-0.4, -0.2) is 41.1 Å². The maximum absolute atomic E-state index is 12.0. The van der Waals surface area contributed by atoms with Crippen LogP contribution in [0.1, 0.15) is 18.9 Å². The Bertz CT molecular complexity index is 511. The summed E-state index contributed by atoms with van der Waals surface area (Å²) in [6, 6.07) is 9.63. The fourth-order valence-corrected chi connectivity index (χ4v) is 1.88. The summed E-state index contributed by atoms with van der Waals surface area (Å²) < 4.78 is 0. The van der Waals surface area contributed by atoms with Gasteiger partial charge in [-0.05, 0) is 12.5 Å². The number of carboxylic acids is 1. The van der Waals surface area contributed by atoms with Gasteiger partial charge < -0.3 is 15.3 Å². The van der Waals surface area contributed by atoms with Crippen molar-refractivity contribution in [2.75, 3.05) is 13.1 Å². The van der Waals surface area contributed by atoms with E-state index in [4.69, 9.17) is 5.26 Å². The van der Waals surface area contributed by atoms with E-state index in [-0.39, 0.29) is 19.4 Å². The second-order valence-electron chi connectivity index (χ2n) is 4.52. The van der Waals surface area contributed by atoms with Gasteiger partial charge in [-0.1, -0.05) is 30.3 Å². The van der Waals surface area contributed by atoms with Crippen LogP contribution in [-0.2, 0) is 11.2 Å². The van der Waals surface area contributed by atoms with Crippen molar-refractivity contribution < 1.29 is 14.7 Å². The number of carbonyl (C=O) groups excluding carboxylic acids is 1. The van der Waals surface area contributed by atoms with Crippen LogP contribution in [0.2, 0.25) is 0 Å². The average Bonchev–Trinajstić information content (AvgIpc) is 2.48. The summed E-state index contributed by atoms with van der Waals surface area (Å²) in [6.07, 6.45) is 0.440. The Labute approximate surface area is 124 Å². The van der Waals surface area contributed by atoms with Crippen molar-refractivity contribution in [2.24, 2.45) is 0 Å². The minimum atomic E-state index is -1.08. The SMILES string of the molecule is CCN(CCC#N)C(=O)N[C@@H](Cc1ccccc1)C(=O)O. The molecule has 1 rings (SSSR count). The van der Waals surface area contributed by atoms with Crippen LogP contribution in [0.3, 0.4) is 0 Å². The standard InChI is InChI=1S/C15H19N3O3/c1-2-18(10-6-9-16)15(21)17-13(14(19)20)11-12-7-4-3-5-8-12/h3-5,7-8,13H,2,6,10-11H2,1H3,(H,17,21)(H,19,20)/t13-/m0/s1. The number of aliphatic carboxylic acids is 1. The monoisotopic (exact) mass is 289 g/mol. The van der Waals surface area contributed by atoms with Crippen LogP contribution in [0.4, 0.5) is 4.79 Å². The first-order chi connectivity index (χ1) is 10.1. The predicted molar refractivity (Wildman–Crippen MR) is 77.6 cm³/mol. The van der Waals surface area contributed by atoms with Crippen molar-refractivity contribution in [2.45, 2.75) is 25.8 Å². The molecule has 0 aliphatic carbocycles. The first-order valence-corrected chi connectivity index (χ1v) is 6.77. The molecule has 0 heterocycles. The smallest absolute Gasteiger partial charge is 0.326 e. The zero-order valence-electron chi connectivity index (χ0n) is 12.0. The third kappa shape index (κ3) is 5.53. The Morgan fingerprint density at radius 2 is 2.05 bits per heavy atom. The third-order valence-electron chi connectivity index (χ3n) is 3.04. The van der Waals surface area contributed by atoms with Gasteiger partial charge in [0.05, 0.1) is 12.5 Å². The zero-order chi connectivity index (χ0) is 15.7. The number of nitrogens with zero attached hydrogens (tertiary/aromatic N) is 2. The topological polar surface area (TPSA) is 93.4 Å². The number of carbonyl (C=O) groups is 2. The van der Waals surface area contributed by atoms with Crippen molar-refractivity contribution in [3.05, 3.63) is 35.9 Å². The van der Waals surface area contributed by atoms with Gasteiger partial charge in [-0.3, -0.25) is 0 Å². The van der Waals surface area contributed by atoms with E-state index in [1.54, 1.807) is 6.92 Å². The molecule has 2 amide bonds. The highest BCUT2D eigenvalue weighted by Gasteiger charge is 2.22. The second-order valence-corrected chi connectivity index (χ2v) is 4.52. The molecule has 1 atom stereocenters. The molecular weight excluding hydrogens is 270 g/mol. The van der Waals surface area contributed by atoms with Crippen LogP contribution in [0.25, 0.3) is 0 Å². The highest BCUT2D eigenvalue weighted by Crippen LogP contribution is 2.04. The Balaban J connectivity index is 2.67. The molecule has 0 fully saturated rings. The number of benzene rings is 1. The molecule has 0 saturated heterocycles. The van der Waals surface area contributed by atoms with Crippen LogP contribution in [0.15, 0.2) is 30.3 Å². The van der Waals surface area contributed by atoms with Gasteiger partial charge in [0, 0.05) is 19.5 Å². The molecule has 21 heavy (non-hydrogen) atoms. The molecule has 1 aromatic rings. The number of hydrogen-bond donors (Lipinski definition) is 2. The Morgan fingerprint density at radius 1 is 1.38 bits per heavy atom. The molecule has 0 unspecified atom stereocenters. The van der Waals surface area contributed by atoms with Gasteiger partial charge in [0.1, 0.15) is 6.04 Å². The fourth-order valence-electron chi connectivity index (χ4n) is 1.88. The van der Waals surface area contributed by atoms with Gasteiger partial charge in [-0.2, -0.15) is 5.26 Å². The third-order valence-corrected chi connectivity index (χ3v) is 3.04. The maximum Gasteiger partial charge on any atom is 0.326 e. The number of carboxylic acid groups (broad SMARTS) is 1. The molecule has 112 valence electrons. The largest absolute Gasteiger partial charge is 0.480 e. The molecule has 0 aliphatic rings. The lowest BCUT2D eigenvalue weighted by Gasteiger charge is -2.23. The summed E-state index contributed by atoms with van der Waals surface area (Å²) in [5.41, 5.74) is 0.838. The molecule has 0 saturated carbocycles.